The van der Waals surface area contributed by atoms with Crippen LogP contribution in [0.25, 0.3) is 127 Å². The second kappa shape index (κ2) is 25.5. The predicted molar refractivity (Wildman–Crippen MR) is 480 cm³/mol. The lowest BCUT2D eigenvalue weighted by Crippen LogP contribution is -2.61. The van der Waals surface area contributed by atoms with Crippen LogP contribution in [0.3, 0.4) is 0 Å². The number of anilines is 6. The Morgan fingerprint density at radius 2 is 0.482 bits per heavy atom. The molecule has 0 saturated carbocycles. The van der Waals surface area contributed by atoms with Gasteiger partial charge in [0.2, 0.25) is 0 Å². The Balaban J connectivity index is 0.954. The molecule has 18 aromatic rings. The highest BCUT2D eigenvalue weighted by molar-refractivity contribution is 7.00. The van der Waals surface area contributed by atoms with Gasteiger partial charge < -0.3 is 23.5 Å². The van der Waals surface area contributed by atoms with Crippen molar-refractivity contribution in [2.24, 2.45) is 0 Å². The van der Waals surface area contributed by atoms with Gasteiger partial charge in [0.15, 0.2) is 0 Å². The molecule has 0 N–H and O–H groups in total. The maximum Gasteiger partial charge on any atom is 0.252 e. The lowest BCUT2D eigenvalue weighted by molar-refractivity contribution is 0.590. The van der Waals surface area contributed by atoms with Crippen molar-refractivity contribution in [3.8, 4) is 61.6 Å². The molecule has 15 aromatic carbocycles. The zero-order valence-corrected chi connectivity index (χ0v) is 66.0. The van der Waals surface area contributed by atoms with E-state index in [0.29, 0.717) is 0 Å². The lowest BCUT2D eigenvalue weighted by atomic mass is 9.33. The van der Waals surface area contributed by atoms with Crippen molar-refractivity contribution in [1.29, 1.82) is 0 Å². The fourth-order valence-electron chi connectivity index (χ4n) is 18.3. The topological polar surface area (TPSA) is 21.3 Å². The molecule has 20 rings (SSSR count). The van der Waals surface area contributed by atoms with Crippen LogP contribution in [0.1, 0.15) is 105 Å². The smallest absolute Gasteiger partial charge is 0.252 e. The average Bonchev–Trinajstić information content (AvgIpc) is 0.915. The minimum Gasteiger partial charge on any atom is -0.309 e. The fourth-order valence-corrected chi connectivity index (χ4v) is 18.3. The number of rotatable bonds is 9. The van der Waals surface area contributed by atoms with Gasteiger partial charge in [-0.25, -0.2) is 0 Å². The molecule has 0 atom stereocenters. The van der Waals surface area contributed by atoms with Crippen LogP contribution in [-0.2, 0) is 21.7 Å². The molecule has 0 spiro atoms. The van der Waals surface area contributed by atoms with E-state index < -0.39 is 0 Å². The van der Waals surface area contributed by atoms with Crippen molar-refractivity contribution in [1.82, 2.24) is 13.7 Å². The molecule has 0 amide bonds. The van der Waals surface area contributed by atoms with E-state index in [1.54, 1.807) is 0 Å². The zero-order chi connectivity index (χ0) is 76.4. The quantitative estimate of drug-likeness (QED) is 0.134. The Hall–Kier alpha value is -12.6. The van der Waals surface area contributed by atoms with Crippen molar-refractivity contribution in [2.45, 2.75) is 105 Å². The second-order valence-electron chi connectivity index (χ2n) is 35.4. The first-order valence-electron chi connectivity index (χ1n) is 39.8. The molecule has 2 aliphatic rings. The summed E-state index contributed by atoms with van der Waals surface area (Å²) in [6.45, 7) is 27.8. The van der Waals surface area contributed by atoms with Gasteiger partial charge in [-0.2, -0.15) is 0 Å². The van der Waals surface area contributed by atoms with Crippen molar-refractivity contribution >= 4 is 123 Å². The summed E-state index contributed by atoms with van der Waals surface area (Å²) in [5, 5.41) is 7.37. The van der Waals surface area contributed by atoms with Gasteiger partial charge in [0.25, 0.3) is 6.71 Å². The summed E-state index contributed by atoms with van der Waals surface area (Å²) >= 11 is 0. The minimum absolute atomic E-state index is 0.0772. The molecule has 5 heterocycles. The summed E-state index contributed by atoms with van der Waals surface area (Å²) < 4.78 is 7.75. The average molecular weight is 1440 g/mol. The third-order valence-electron chi connectivity index (χ3n) is 24.2. The summed E-state index contributed by atoms with van der Waals surface area (Å²) in [5.74, 6) is 0. The van der Waals surface area contributed by atoms with E-state index in [-0.39, 0.29) is 28.4 Å². The minimum atomic E-state index is -0.268. The number of benzene rings is 15. The van der Waals surface area contributed by atoms with E-state index in [1.165, 1.54) is 126 Å². The molecule has 0 unspecified atom stereocenters. The summed E-state index contributed by atoms with van der Waals surface area (Å²) in [7, 11) is 0. The maximum atomic E-state index is 2.67. The second-order valence-corrected chi connectivity index (χ2v) is 35.4. The normalized spacial score (nSPS) is 13.1. The number of hydrogen-bond acceptors (Lipinski definition) is 2. The van der Waals surface area contributed by atoms with Crippen LogP contribution in [0.4, 0.5) is 34.1 Å². The highest BCUT2D eigenvalue weighted by Crippen LogP contribution is 2.52. The van der Waals surface area contributed by atoms with E-state index in [4.69, 9.17) is 0 Å². The highest BCUT2D eigenvalue weighted by atomic mass is 15.2. The first-order chi connectivity index (χ1) is 54.1. The summed E-state index contributed by atoms with van der Waals surface area (Å²) in [4.78, 5) is 5.34. The molecule has 6 heteroatoms. The highest BCUT2D eigenvalue weighted by Gasteiger charge is 2.46. The lowest BCUT2D eigenvalue weighted by Gasteiger charge is -2.45. The van der Waals surface area contributed by atoms with Gasteiger partial charge in [-0.3, -0.25) is 0 Å². The standard InChI is InChI=1S/C106H90BN5/c1-103(2,3)75-45-53-88-82(61-75)83-62-76(104(4,5)6)46-54-89(83)109(88)94-37-25-27-39-96(94)111-92-51-43-71(67-29-17-13-18-30-67)57-86(92)107-87-58-72(68-31-19-14-20-32-68)44-52-93(87)112(97-40-28-26-38-95(97)110-90-55-47-77(105(7,8)9)63-84(90)85-64-78(106(10,11)12)48-56-91(85)110)101-66-79(65-100(111)102(101)107)108-98-59-73(69-33-21-15-22-34-69)41-49-80(98)81-50-42-74(60-99(81)108)70-35-23-16-24-36-70/h13-66H,1-12H3. The molecule has 112 heavy (non-hydrogen) atoms. The molecule has 0 radical (unpaired) electrons. The number of hydrogen-bond donors (Lipinski definition) is 0. The first-order valence-corrected chi connectivity index (χ1v) is 39.8. The molecule has 3 aromatic heterocycles. The van der Waals surface area contributed by atoms with Gasteiger partial charge >= 0.3 is 0 Å². The number of aromatic nitrogens is 3. The van der Waals surface area contributed by atoms with E-state index in [9.17, 15) is 0 Å². The number of nitrogens with zero attached hydrogens (tertiary/aromatic N) is 5. The van der Waals surface area contributed by atoms with Crippen LogP contribution in [0.15, 0.2) is 328 Å². The third-order valence-corrected chi connectivity index (χ3v) is 24.2. The van der Waals surface area contributed by atoms with Crippen LogP contribution in [0, 0.1) is 0 Å². The molecule has 0 saturated heterocycles. The summed E-state index contributed by atoms with van der Waals surface area (Å²) in [6.07, 6.45) is 0. The zero-order valence-electron chi connectivity index (χ0n) is 66.0. The van der Waals surface area contributed by atoms with Gasteiger partial charge in [-0.05, 0) is 214 Å². The van der Waals surface area contributed by atoms with Crippen LogP contribution in [-0.4, -0.2) is 20.4 Å². The Morgan fingerprint density at radius 1 is 0.196 bits per heavy atom. The maximum absolute atomic E-state index is 2.67. The van der Waals surface area contributed by atoms with E-state index in [0.717, 1.165) is 73.3 Å². The van der Waals surface area contributed by atoms with Crippen molar-refractivity contribution in [3.05, 3.63) is 350 Å². The first kappa shape index (κ1) is 68.6. The molecule has 5 nitrogen and oxygen atoms in total. The monoisotopic (exact) mass is 1440 g/mol. The number of para-hydroxylation sites is 4. The van der Waals surface area contributed by atoms with E-state index in [1.807, 2.05) is 0 Å². The van der Waals surface area contributed by atoms with Crippen LogP contribution in [0.5, 0.6) is 0 Å². The largest absolute Gasteiger partial charge is 0.309 e. The third kappa shape index (κ3) is 11.1. The van der Waals surface area contributed by atoms with Gasteiger partial charge in [-0.15, -0.1) is 0 Å². The van der Waals surface area contributed by atoms with Crippen molar-refractivity contribution in [2.75, 3.05) is 9.80 Å². The van der Waals surface area contributed by atoms with Crippen LogP contribution in [0.2, 0.25) is 0 Å². The van der Waals surface area contributed by atoms with Crippen LogP contribution >= 0.6 is 0 Å². The molecule has 0 aliphatic carbocycles. The van der Waals surface area contributed by atoms with Gasteiger partial charge in [0.05, 0.1) is 61.5 Å². The Kier molecular flexibility index (Phi) is 15.6. The van der Waals surface area contributed by atoms with E-state index in [2.05, 4.69) is 434 Å². The number of fused-ring (bicyclic) bond motifs is 13. The molecular weight excluding hydrogens is 1350 g/mol. The van der Waals surface area contributed by atoms with Crippen LogP contribution < -0.4 is 26.2 Å². The Labute approximate surface area is 658 Å². The summed E-state index contributed by atoms with van der Waals surface area (Å²) in [5.41, 5.74) is 34.6. The predicted octanol–water partition coefficient (Wildman–Crippen LogP) is 26.9. The van der Waals surface area contributed by atoms with Gasteiger partial charge in [0.1, 0.15) is 0 Å². The SMILES string of the molecule is CC(C)(C)c1ccc2c(c1)c1cc(C(C)(C)C)ccc1n2-c1ccccc1N1c2ccc(-c3ccccc3)cc2B2c3cc(-c4ccccc4)ccc3N(c3ccccc3-n3c4ccc(C(C)(C)C)cc4c4cc(C(C)(C)C)ccc43)c3cc(-n4c5cc(-c6ccccc6)ccc5c5ccc(-c6ccccc6)cc54)cc1c32. The summed E-state index contributed by atoms with van der Waals surface area (Å²) in [6, 6.07) is 125. The van der Waals surface area contributed by atoms with Gasteiger partial charge in [0, 0.05) is 55.1 Å². The molecule has 2 aliphatic heterocycles. The fraction of sp³-hybridized carbons (Fsp3) is 0.151. The molecular formula is C106H90BN5. The molecule has 542 valence electrons. The van der Waals surface area contributed by atoms with Gasteiger partial charge in [-0.1, -0.05) is 301 Å². The molecule has 0 fully saturated rings. The van der Waals surface area contributed by atoms with Crippen molar-refractivity contribution in [3.63, 3.8) is 0 Å². The van der Waals surface area contributed by atoms with E-state index >= 15 is 0 Å². The van der Waals surface area contributed by atoms with Crippen molar-refractivity contribution < 1.29 is 0 Å². The Morgan fingerprint density at radius 3 is 0.795 bits per heavy atom. The Bertz CT molecular complexity index is 6300. The molecule has 0 bridgehead atoms.